The maximum atomic E-state index is 10.5. The van der Waals surface area contributed by atoms with Crippen molar-refractivity contribution in [2.75, 3.05) is 5.32 Å². The van der Waals surface area contributed by atoms with E-state index in [1.807, 2.05) is 6.07 Å². The van der Waals surface area contributed by atoms with Crippen LogP contribution in [0.5, 0.6) is 0 Å². The highest BCUT2D eigenvalue weighted by atomic mass is 16.1. The molecule has 1 rings (SSSR count). The van der Waals surface area contributed by atoms with E-state index < -0.39 is 0 Å². The first kappa shape index (κ1) is 12.0. The zero-order valence-corrected chi connectivity index (χ0v) is 8.64. The Hall–Kier alpha value is -3.10. The molecule has 0 saturated heterocycles. The standard InChI is InChI=1S/C12H6N4O/c13-4-10(5-14)7-16-12-2-1-9(8-17)3-11(12)6-15/h1-3,7-8,16H. The van der Waals surface area contributed by atoms with Crippen LogP contribution in [0.25, 0.3) is 0 Å². The summed E-state index contributed by atoms with van der Waals surface area (Å²) in [7, 11) is 0. The third-order valence-electron chi connectivity index (χ3n) is 1.91. The first-order chi connectivity index (χ1) is 8.24. The Bertz CT molecular complexity index is 580. The largest absolute Gasteiger partial charge is 0.359 e. The SMILES string of the molecule is N#CC(C#N)=CNc1ccc(C=O)cc1C#N. The van der Waals surface area contributed by atoms with Gasteiger partial charge in [-0.2, -0.15) is 15.8 Å². The van der Waals surface area contributed by atoms with Crippen LogP contribution in [0, 0.1) is 34.0 Å². The summed E-state index contributed by atoms with van der Waals surface area (Å²) in [6, 6.07) is 9.76. The third-order valence-corrected chi connectivity index (χ3v) is 1.91. The van der Waals surface area contributed by atoms with Gasteiger partial charge in [-0.1, -0.05) is 0 Å². The van der Waals surface area contributed by atoms with E-state index in [2.05, 4.69) is 5.32 Å². The summed E-state index contributed by atoms with van der Waals surface area (Å²) in [6.07, 6.45) is 1.84. The van der Waals surface area contributed by atoms with Crippen molar-refractivity contribution in [3.05, 3.63) is 41.1 Å². The molecule has 0 heterocycles. The normalized spacial score (nSPS) is 8.06. The highest BCUT2D eigenvalue weighted by molar-refractivity contribution is 5.78. The van der Waals surface area contributed by atoms with Crippen LogP contribution < -0.4 is 5.32 Å². The van der Waals surface area contributed by atoms with Gasteiger partial charge in [0, 0.05) is 11.8 Å². The lowest BCUT2D eigenvalue weighted by molar-refractivity contribution is 0.112. The molecule has 1 N–H and O–H groups in total. The van der Waals surface area contributed by atoms with Crippen LogP contribution in [-0.4, -0.2) is 6.29 Å². The monoisotopic (exact) mass is 222 g/mol. The molecule has 1 aromatic carbocycles. The Morgan fingerprint density at radius 2 is 1.94 bits per heavy atom. The summed E-state index contributed by atoms with van der Waals surface area (Å²) in [5.41, 5.74) is 0.979. The fraction of sp³-hybridized carbons (Fsp3) is 0. The minimum atomic E-state index is -0.103. The van der Waals surface area contributed by atoms with E-state index in [0.717, 1.165) is 0 Å². The number of nitrogens with zero attached hydrogens (tertiary/aromatic N) is 3. The Kier molecular flexibility index (Phi) is 4.02. The highest BCUT2D eigenvalue weighted by Crippen LogP contribution is 2.16. The topological polar surface area (TPSA) is 100 Å². The maximum absolute atomic E-state index is 10.5. The highest BCUT2D eigenvalue weighted by Gasteiger charge is 2.02. The van der Waals surface area contributed by atoms with Crippen LogP contribution in [0.15, 0.2) is 30.0 Å². The minimum absolute atomic E-state index is 0.103. The molecule has 0 spiro atoms. The average molecular weight is 222 g/mol. The molecule has 0 atom stereocenters. The predicted octanol–water partition coefficient (Wildman–Crippen LogP) is 1.71. The molecule has 80 valence electrons. The molecular weight excluding hydrogens is 216 g/mol. The average Bonchev–Trinajstić information content (AvgIpc) is 2.39. The number of hydrogen-bond donors (Lipinski definition) is 1. The number of benzene rings is 1. The van der Waals surface area contributed by atoms with Crippen LogP contribution in [0.3, 0.4) is 0 Å². The molecule has 1 aromatic rings. The zero-order chi connectivity index (χ0) is 12.7. The number of aldehydes is 1. The summed E-state index contributed by atoms with van der Waals surface area (Å²) in [5, 5.41) is 28.6. The third kappa shape index (κ3) is 2.92. The first-order valence-corrected chi connectivity index (χ1v) is 4.51. The number of rotatable bonds is 3. The van der Waals surface area contributed by atoms with Crippen molar-refractivity contribution in [3.8, 4) is 18.2 Å². The van der Waals surface area contributed by atoms with E-state index >= 15 is 0 Å². The fourth-order valence-corrected chi connectivity index (χ4v) is 1.09. The molecule has 0 aliphatic rings. The summed E-state index contributed by atoms with van der Waals surface area (Å²) < 4.78 is 0. The Morgan fingerprint density at radius 3 is 2.47 bits per heavy atom. The van der Waals surface area contributed by atoms with Crippen LogP contribution >= 0.6 is 0 Å². The summed E-state index contributed by atoms with van der Waals surface area (Å²) >= 11 is 0. The number of nitriles is 3. The quantitative estimate of drug-likeness (QED) is 0.619. The molecule has 0 radical (unpaired) electrons. The van der Waals surface area contributed by atoms with Gasteiger partial charge in [0.2, 0.25) is 0 Å². The van der Waals surface area contributed by atoms with Gasteiger partial charge in [0.05, 0.1) is 11.3 Å². The van der Waals surface area contributed by atoms with Crippen molar-refractivity contribution in [2.45, 2.75) is 0 Å². The van der Waals surface area contributed by atoms with E-state index in [4.69, 9.17) is 15.8 Å². The molecule has 5 heteroatoms. The number of nitrogens with one attached hydrogen (secondary N) is 1. The van der Waals surface area contributed by atoms with E-state index in [1.54, 1.807) is 12.1 Å². The van der Waals surface area contributed by atoms with Crippen LogP contribution in [0.1, 0.15) is 15.9 Å². The van der Waals surface area contributed by atoms with Gasteiger partial charge in [-0.05, 0) is 18.2 Å². The van der Waals surface area contributed by atoms with Gasteiger partial charge in [0.1, 0.15) is 30.1 Å². The number of hydrogen-bond acceptors (Lipinski definition) is 5. The Balaban J connectivity index is 3.06. The second-order valence-corrected chi connectivity index (χ2v) is 2.96. The summed E-state index contributed by atoms with van der Waals surface area (Å²) in [6.45, 7) is 0. The van der Waals surface area contributed by atoms with Gasteiger partial charge in [0.25, 0.3) is 0 Å². The van der Waals surface area contributed by atoms with Crippen molar-refractivity contribution >= 4 is 12.0 Å². The van der Waals surface area contributed by atoms with Crippen LogP contribution in [0.4, 0.5) is 5.69 Å². The molecule has 0 fully saturated rings. The predicted molar refractivity (Wildman–Crippen MR) is 59.5 cm³/mol. The van der Waals surface area contributed by atoms with Crippen molar-refractivity contribution in [3.63, 3.8) is 0 Å². The lowest BCUT2D eigenvalue weighted by atomic mass is 10.1. The molecule has 0 aliphatic heterocycles. The molecule has 17 heavy (non-hydrogen) atoms. The van der Waals surface area contributed by atoms with Crippen molar-refractivity contribution in [2.24, 2.45) is 0 Å². The first-order valence-electron chi connectivity index (χ1n) is 4.51. The van der Waals surface area contributed by atoms with E-state index in [0.29, 0.717) is 17.5 Å². The van der Waals surface area contributed by atoms with Gasteiger partial charge >= 0.3 is 0 Å². The lowest BCUT2D eigenvalue weighted by Crippen LogP contribution is -1.94. The second kappa shape index (κ2) is 5.70. The van der Waals surface area contributed by atoms with Gasteiger partial charge < -0.3 is 5.32 Å². The number of carbonyl (C=O) groups excluding carboxylic acids is 1. The lowest BCUT2D eigenvalue weighted by Gasteiger charge is -2.03. The molecular formula is C12H6N4O. The Labute approximate surface area is 97.8 Å². The zero-order valence-electron chi connectivity index (χ0n) is 8.64. The smallest absolute Gasteiger partial charge is 0.150 e. The van der Waals surface area contributed by atoms with Crippen molar-refractivity contribution in [1.29, 1.82) is 15.8 Å². The fourth-order valence-electron chi connectivity index (χ4n) is 1.09. The number of allylic oxidation sites excluding steroid dienone is 1. The molecule has 0 aromatic heterocycles. The van der Waals surface area contributed by atoms with Crippen LogP contribution in [-0.2, 0) is 0 Å². The van der Waals surface area contributed by atoms with Gasteiger partial charge in [0.15, 0.2) is 0 Å². The molecule has 0 aliphatic carbocycles. The van der Waals surface area contributed by atoms with Crippen molar-refractivity contribution < 1.29 is 4.79 Å². The van der Waals surface area contributed by atoms with E-state index in [9.17, 15) is 4.79 Å². The molecule has 0 amide bonds. The molecule has 0 bridgehead atoms. The maximum Gasteiger partial charge on any atom is 0.150 e. The molecule has 5 nitrogen and oxygen atoms in total. The van der Waals surface area contributed by atoms with E-state index in [-0.39, 0.29) is 11.1 Å². The summed E-state index contributed by atoms with van der Waals surface area (Å²) in [4.78, 5) is 10.5. The second-order valence-electron chi connectivity index (χ2n) is 2.96. The van der Waals surface area contributed by atoms with Gasteiger partial charge in [-0.25, -0.2) is 0 Å². The van der Waals surface area contributed by atoms with Crippen molar-refractivity contribution in [1.82, 2.24) is 0 Å². The molecule has 0 saturated carbocycles. The van der Waals surface area contributed by atoms with Gasteiger partial charge in [-0.3, -0.25) is 4.79 Å². The number of anilines is 1. The molecule has 0 unspecified atom stereocenters. The van der Waals surface area contributed by atoms with E-state index in [1.165, 1.54) is 24.4 Å². The van der Waals surface area contributed by atoms with Crippen LogP contribution in [0.2, 0.25) is 0 Å². The van der Waals surface area contributed by atoms with Gasteiger partial charge in [-0.15, -0.1) is 0 Å². The Morgan fingerprint density at radius 1 is 1.24 bits per heavy atom. The minimum Gasteiger partial charge on any atom is -0.359 e. The number of carbonyl (C=O) groups is 1. The summed E-state index contributed by atoms with van der Waals surface area (Å²) in [5.74, 6) is 0.